The standard InChI is InChI=1S/C10H20.2C9H18/c1-9(2)10(3)7-5-4-6-8-10;1-8(2)9(3)6-4-5-7-9;1-8(2)9-6-4-3-5-7-9/h9H,4-8H2,1-3H3;8H,4-7H2,1-3H3;8-9H,3-7H2,1-2H3. The van der Waals surface area contributed by atoms with E-state index in [4.69, 9.17) is 0 Å². The summed E-state index contributed by atoms with van der Waals surface area (Å²) in [6.45, 7) is 19.0. The van der Waals surface area contributed by atoms with Gasteiger partial charge >= 0.3 is 0 Å². The molecule has 3 saturated carbocycles. The summed E-state index contributed by atoms with van der Waals surface area (Å²) in [5, 5.41) is 0. The van der Waals surface area contributed by atoms with E-state index in [9.17, 15) is 0 Å². The fraction of sp³-hybridized carbons (Fsp3) is 1.00. The molecule has 0 unspecified atom stereocenters. The first-order chi connectivity index (χ1) is 13.1. The first-order valence-corrected chi connectivity index (χ1v) is 13.1. The molecule has 3 aliphatic rings. The second-order valence-electron chi connectivity index (χ2n) is 12.0. The normalized spacial score (nSPS) is 24.5. The Balaban J connectivity index is 0.000000210. The molecular formula is C28H56. The van der Waals surface area contributed by atoms with Gasteiger partial charge in [0, 0.05) is 0 Å². The van der Waals surface area contributed by atoms with Crippen molar-refractivity contribution in [1.29, 1.82) is 0 Å². The maximum Gasteiger partial charge on any atom is -0.0303 e. The van der Waals surface area contributed by atoms with Crippen molar-refractivity contribution in [2.75, 3.05) is 0 Å². The highest BCUT2D eigenvalue weighted by molar-refractivity contribution is 4.82. The highest BCUT2D eigenvalue weighted by Gasteiger charge is 2.31. The molecule has 0 saturated heterocycles. The van der Waals surface area contributed by atoms with Crippen LogP contribution in [0, 0.1) is 34.5 Å². The second kappa shape index (κ2) is 12.6. The van der Waals surface area contributed by atoms with Crippen LogP contribution in [-0.4, -0.2) is 0 Å². The summed E-state index contributed by atoms with van der Waals surface area (Å²) in [7, 11) is 0. The minimum atomic E-state index is 0.679. The van der Waals surface area contributed by atoms with Gasteiger partial charge in [0.1, 0.15) is 0 Å². The zero-order chi connectivity index (χ0) is 21.2. The monoisotopic (exact) mass is 392 g/mol. The van der Waals surface area contributed by atoms with Crippen LogP contribution in [0.4, 0.5) is 0 Å². The average Bonchev–Trinajstić information content (AvgIpc) is 3.12. The highest BCUT2D eigenvalue weighted by atomic mass is 14.4. The van der Waals surface area contributed by atoms with Crippen molar-refractivity contribution < 1.29 is 0 Å². The van der Waals surface area contributed by atoms with E-state index in [0.717, 1.165) is 23.7 Å². The van der Waals surface area contributed by atoms with Gasteiger partial charge in [0.05, 0.1) is 0 Å². The van der Waals surface area contributed by atoms with E-state index in [1.807, 2.05) is 0 Å². The van der Waals surface area contributed by atoms with Gasteiger partial charge in [-0.05, 0) is 60.2 Å². The average molecular weight is 393 g/mol. The van der Waals surface area contributed by atoms with Crippen LogP contribution in [0.5, 0.6) is 0 Å². The molecule has 0 aromatic carbocycles. The molecule has 3 rings (SSSR count). The van der Waals surface area contributed by atoms with Gasteiger partial charge in [0.15, 0.2) is 0 Å². The summed E-state index contributed by atoms with van der Waals surface area (Å²) >= 11 is 0. The third-order valence-corrected chi connectivity index (χ3v) is 9.12. The summed E-state index contributed by atoms with van der Waals surface area (Å²) in [6.07, 6.45) is 20.7. The summed E-state index contributed by atoms with van der Waals surface area (Å²) in [5.41, 5.74) is 1.37. The zero-order valence-electron chi connectivity index (χ0n) is 21.2. The van der Waals surface area contributed by atoms with Crippen LogP contribution in [0.1, 0.15) is 145 Å². The van der Waals surface area contributed by atoms with Crippen molar-refractivity contribution in [2.45, 2.75) is 145 Å². The fourth-order valence-electron chi connectivity index (χ4n) is 5.50. The molecule has 0 heteroatoms. The lowest BCUT2D eigenvalue weighted by Gasteiger charge is -2.37. The molecule has 168 valence electrons. The molecule has 0 amide bonds. The second-order valence-corrected chi connectivity index (χ2v) is 12.0. The Morgan fingerprint density at radius 3 is 1.07 bits per heavy atom. The van der Waals surface area contributed by atoms with E-state index in [0.29, 0.717) is 10.8 Å². The molecule has 0 aromatic rings. The largest absolute Gasteiger partial charge is 0.0625 e. The van der Waals surface area contributed by atoms with E-state index >= 15 is 0 Å². The van der Waals surface area contributed by atoms with Crippen LogP contribution in [0.2, 0.25) is 0 Å². The minimum absolute atomic E-state index is 0.679. The van der Waals surface area contributed by atoms with Crippen LogP contribution in [0.15, 0.2) is 0 Å². The van der Waals surface area contributed by atoms with Crippen molar-refractivity contribution in [3.8, 4) is 0 Å². The van der Waals surface area contributed by atoms with Gasteiger partial charge in [-0.3, -0.25) is 0 Å². The first-order valence-electron chi connectivity index (χ1n) is 13.1. The molecule has 0 nitrogen and oxygen atoms in total. The topological polar surface area (TPSA) is 0 Å². The molecule has 3 aliphatic carbocycles. The Morgan fingerprint density at radius 2 is 0.821 bits per heavy atom. The van der Waals surface area contributed by atoms with Gasteiger partial charge in [-0.1, -0.05) is 120 Å². The van der Waals surface area contributed by atoms with Gasteiger partial charge in [-0.15, -0.1) is 0 Å². The van der Waals surface area contributed by atoms with Gasteiger partial charge < -0.3 is 0 Å². The van der Waals surface area contributed by atoms with Crippen molar-refractivity contribution in [3.05, 3.63) is 0 Å². The molecule has 0 spiro atoms. The number of rotatable bonds is 3. The number of hydrogen-bond donors (Lipinski definition) is 0. The summed E-state index contributed by atoms with van der Waals surface area (Å²) in [5.74, 6) is 3.76. The molecular weight excluding hydrogens is 336 g/mol. The van der Waals surface area contributed by atoms with Crippen LogP contribution in [0.3, 0.4) is 0 Å². The summed E-state index contributed by atoms with van der Waals surface area (Å²) in [4.78, 5) is 0. The summed E-state index contributed by atoms with van der Waals surface area (Å²) in [6, 6.07) is 0. The van der Waals surface area contributed by atoms with Crippen molar-refractivity contribution in [3.63, 3.8) is 0 Å². The molecule has 3 fully saturated rings. The van der Waals surface area contributed by atoms with Gasteiger partial charge in [0.2, 0.25) is 0 Å². The van der Waals surface area contributed by atoms with Gasteiger partial charge in [0.25, 0.3) is 0 Å². The van der Waals surface area contributed by atoms with Crippen LogP contribution >= 0.6 is 0 Å². The Bertz CT molecular complexity index is 371. The Morgan fingerprint density at radius 1 is 0.500 bits per heavy atom. The molecule has 0 heterocycles. The molecule has 28 heavy (non-hydrogen) atoms. The van der Waals surface area contributed by atoms with Crippen LogP contribution < -0.4 is 0 Å². The lowest BCUT2D eigenvalue weighted by atomic mass is 9.69. The first kappa shape index (κ1) is 26.0. The molecule has 0 aromatic heterocycles. The zero-order valence-corrected chi connectivity index (χ0v) is 21.2. The van der Waals surface area contributed by atoms with E-state index in [-0.39, 0.29) is 0 Å². The van der Waals surface area contributed by atoms with Crippen molar-refractivity contribution in [1.82, 2.24) is 0 Å². The highest BCUT2D eigenvalue weighted by Crippen LogP contribution is 2.43. The fourth-order valence-corrected chi connectivity index (χ4v) is 5.50. The maximum absolute atomic E-state index is 2.46. The van der Waals surface area contributed by atoms with E-state index in [1.54, 1.807) is 0 Å². The molecule has 0 atom stereocenters. The lowest BCUT2D eigenvalue weighted by molar-refractivity contribution is 0.143. The van der Waals surface area contributed by atoms with E-state index in [1.165, 1.54) is 89.9 Å². The van der Waals surface area contributed by atoms with E-state index in [2.05, 4.69) is 55.4 Å². The molecule has 0 radical (unpaired) electrons. The quantitative estimate of drug-likeness (QED) is 0.448. The minimum Gasteiger partial charge on any atom is -0.0625 e. The lowest BCUT2D eigenvalue weighted by Crippen LogP contribution is -2.25. The Labute approximate surface area is 180 Å². The maximum atomic E-state index is 2.46. The Kier molecular flexibility index (Phi) is 11.8. The van der Waals surface area contributed by atoms with Gasteiger partial charge in [-0.2, -0.15) is 0 Å². The van der Waals surface area contributed by atoms with Gasteiger partial charge in [-0.25, -0.2) is 0 Å². The molecule has 0 bridgehead atoms. The van der Waals surface area contributed by atoms with Crippen LogP contribution in [0.25, 0.3) is 0 Å². The predicted molar refractivity (Wildman–Crippen MR) is 129 cm³/mol. The van der Waals surface area contributed by atoms with Crippen LogP contribution in [-0.2, 0) is 0 Å². The molecule has 0 N–H and O–H groups in total. The smallest absolute Gasteiger partial charge is 0.0303 e. The molecule has 0 aliphatic heterocycles. The predicted octanol–water partition coefficient (Wildman–Crippen LogP) is 10.1. The third kappa shape index (κ3) is 8.79. The summed E-state index contributed by atoms with van der Waals surface area (Å²) < 4.78 is 0. The van der Waals surface area contributed by atoms with Crippen molar-refractivity contribution >= 4 is 0 Å². The third-order valence-electron chi connectivity index (χ3n) is 9.12. The SMILES string of the molecule is CC(C)C1(C)CCCC1.CC(C)C1(C)CCCCC1.CC(C)C1CCCCC1. The number of hydrogen-bond acceptors (Lipinski definition) is 0. The van der Waals surface area contributed by atoms with Crippen molar-refractivity contribution in [2.24, 2.45) is 34.5 Å². The van der Waals surface area contributed by atoms with E-state index < -0.39 is 0 Å². The Hall–Kier alpha value is 0.